The van der Waals surface area contributed by atoms with Crippen LogP contribution < -0.4 is 15.6 Å². The first-order valence-electron chi connectivity index (χ1n) is 7.25. The summed E-state index contributed by atoms with van der Waals surface area (Å²) >= 11 is 0. The summed E-state index contributed by atoms with van der Waals surface area (Å²) in [7, 11) is 0. The maximum atomic E-state index is 12.0. The summed E-state index contributed by atoms with van der Waals surface area (Å²) in [4.78, 5) is 23.6. The van der Waals surface area contributed by atoms with Crippen LogP contribution in [0, 0.1) is 13.8 Å². The molecule has 0 bridgehead atoms. The van der Waals surface area contributed by atoms with Crippen LogP contribution in [0.4, 0.5) is 8.78 Å². The Bertz CT molecular complexity index is 782. The van der Waals surface area contributed by atoms with Crippen molar-refractivity contribution in [3.05, 3.63) is 59.1 Å². The van der Waals surface area contributed by atoms with E-state index in [1.807, 2.05) is 0 Å². The second kappa shape index (κ2) is 8.09. The molecule has 6 nitrogen and oxygen atoms in total. The van der Waals surface area contributed by atoms with Crippen molar-refractivity contribution >= 4 is 17.9 Å². The van der Waals surface area contributed by atoms with Gasteiger partial charge in [0.25, 0.3) is 11.8 Å². The summed E-state index contributed by atoms with van der Waals surface area (Å²) in [6.45, 7) is 0.465. The van der Waals surface area contributed by atoms with E-state index in [1.165, 1.54) is 36.4 Å². The number of benzene rings is 1. The smallest absolute Gasteiger partial charge is 0.387 e. The van der Waals surface area contributed by atoms with Crippen molar-refractivity contribution in [2.45, 2.75) is 20.5 Å². The van der Waals surface area contributed by atoms with Gasteiger partial charge in [-0.2, -0.15) is 8.78 Å². The topological polar surface area (TPSA) is 80.6 Å². The molecule has 8 heteroatoms. The Labute approximate surface area is 142 Å². The van der Waals surface area contributed by atoms with Crippen LogP contribution in [0.3, 0.4) is 0 Å². The Morgan fingerprint density at radius 2 is 1.84 bits per heavy atom. The van der Waals surface area contributed by atoms with E-state index >= 15 is 0 Å². The molecule has 0 fully saturated rings. The van der Waals surface area contributed by atoms with E-state index < -0.39 is 18.4 Å². The molecular weight excluding hydrogens is 334 g/mol. The first kappa shape index (κ1) is 18.2. The number of alkyl halides is 2. The lowest BCUT2D eigenvalue weighted by molar-refractivity contribution is -0.117. The zero-order chi connectivity index (χ0) is 18.4. The van der Waals surface area contributed by atoms with Gasteiger partial charge in [0.05, 0.1) is 5.56 Å². The Morgan fingerprint density at radius 3 is 2.40 bits per heavy atom. The van der Waals surface area contributed by atoms with Crippen molar-refractivity contribution in [1.82, 2.24) is 10.9 Å². The summed E-state index contributed by atoms with van der Waals surface area (Å²) < 4.78 is 33.5. The van der Waals surface area contributed by atoms with Crippen LogP contribution in [-0.2, 0) is 4.79 Å². The largest absolute Gasteiger partial charge is 0.466 e. The molecule has 2 N–H and O–H groups in total. The molecule has 1 heterocycles. The van der Waals surface area contributed by atoms with Gasteiger partial charge in [-0.3, -0.25) is 20.4 Å². The third-order valence-electron chi connectivity index (χ3n) is 3.12. The predicted octanol–water partition coefficient (Wildman–Crippen LogP) is 2.97. The van der Waals surface area contributed by atoms with E-state index in [4.69, 9.17) is 4.42 Å². The maximum Gasteiger partial charge on any atom is 0.387 e. The Balaban J connectivity index is 1.86. The summed E-state index contributed by atoms with van der Waals surface area (Å²) in [6, 6.07) is 7.30. The van der Waals surface area contributed by atoms with E-state index in [2.05, 4.69) is 15.6 Å². The van der Waals surface area contributed by atoms with Crippen molar-refractivity contribution in [2.24, 2.45) is 0 Å². The quantitative estimate of drug-likeness (QED) is 0.642. The Hall–Kier alpha value is -3.16. The van der Waals surface area contributed by atoms with Crippen LogP contribution in [0.15, 0.2) is 40.8 Å². The number of ether oxygens (including phenoxy) is 1. The number of rotatable bonds is 5. The molecule has 0 spiro atoms. The minimum absolute atomic E-state index is 0.0228. The zero-order valence-corrected chi connectivity index (χ0v) is 13.5. The highest BCUT2D eigenvalue weighted by Gasteiger charge is 2.13. The number of carbonyl (C=O) groups excluding carboxylic acids is 2. The molecule has 0 aliphatic heterocycles. The lowest BCUT2D eigenvalue weighted by atomic mass is 10.2. The Morgan fingerprint density at radius 1 is 1.16 bits per heavy atom. The maximum absolute atomic E-state index is 12.0. The van der Waals surface area contributed by atoms with E-state index in [9.17, 15) is 18.4 Å². The van der Waals surface area contributed by atoms with Gasteiger partial charge in [0, 0.05) is 6.08 Å². The van der Waals surface area contributed by atoms with Crippen molar-refractivity contribution in [2.75, 3.05) is 0 Å². The number of hydrogen-bond acceptors (Lipinski definition) is 4. The molecule has 0 aliphatic carbocycles. The van der Waals surface area contributed by atoms with Crippen LogP contribution in [0.25, 0.3) is 6.08 Å². The Kier molecular flexibility index (Phi) is 5.89. The minimum Gasteiger partial charge on any atom is -0.466 e. The number of aryl methyl sites for hydroxylation is 2. The highest BCUT2D eigenvalue weighted by atomic mass is 19.3. The number of carbonyl (C=O) groups is 2. The third-order valence-corrected chi connectivity index (χ3v) is 3.12. The predicted molar refractivity (Wildman–Crippen MR) is 85.9 cm³/mol. The molecule has 0 radical (unpaired) electrons. The van der Waals surface area contributed by atoms with Crippen LogP contribution >= 0.6 is 0 Å². The summed E-state index contributed by atoms with van der Waals surface area (Å²) in [5, 5.41) is 0. The number of halogens is 2. The molecule has 0 atom stereocenters. The summed E-state index contributed by atoms with van der Waals surface area (Å²) in [5.41, 5.74) is 5.43. The first-order valence-corrected chi connectivity index (χ1v) is 7.25. The van der Waals surface area contributed by atoms with Crippen molar-refractivity contribution in [1.29, 1.82) is 0 Å². The molecule has 1 aromatic carbocycles. The van der Waals surface area contributed by atoms with E-state index in [0.717, 1.165) is 0 Å². The molecule has 0 unspecified atom stereocenters. The second-order valence-electron chi connectivity index (χ2n) is 5.05. The molecular formula is C17H16F2N2O4. The van der Waals surface area contributed by atoms with Gasteiger partial charge in [-0.1, -0.05) is 12.1 Å². The zero-order valence-electron chi connectivity index (χ0n) is 13.5. The lowest BCUT2D eigenvalue weighted by Gasteiger charge is -2.05. The van der Waals surface area contributed by atoms with Gasteiger partial charge in [-0.15, -0.1) is 0 Å². The van der Waals surface area contributed by atoms with Crippen LogP contribution in [0.5, 0.6) is 5.75 Å². The summed E-state index contributed by atoms with van der Waals surface area (Å²) in [5.74, 6) is 0.0115. The van der Waals surface area contributed by atoms with Gasteiger partial charge in [-0.25, -0.2) is 0 Å². The van der Waals surface area contributed by atoms with Gasteiger partial charge in [-0.05, 0) is 43.7 Å². The van der Waals surface area contributed by atoms with Crippen molar-refractivity contribution in [3.63, 3.8) is 0 Å². The number of nitrogens with one attached hydrogen (secondary N) is 2. The van der Waals surface area contributed by atoms with E-state index in [1.54, 1.807) is 19.9 Å². The van der Waals surface area contributed by atoms with E-state index in [0.29, 0.717) is 22.6 Å². The average molecular weight is 350 g/mol. The molecule has 2 rings (SSSR count). The monoisotopic (exact) mass is 350 g/mol. The average Bonchev–Trinajstić information content (AvgIpc) is 2.90. The minimum atomic E-state index is -2.89. The molecule has 2 aromatic rings. The third kappa shape index (κ3) is 5.45. The molecule has 2 amide bonds. The molecule has 25 heavy (non-hydrogen) atoms. The normalized spacial score (nSPS) is 10.9. The fourth-order valence-corrected chi connectivity index (χ4v) is 2.02. The van der Waals surface area contributed by atoms with Crippen LogP contribution in [0.2, 0.25) is 0 Å². The van der Waals surface area contributed by atoms with Gasteiger partial charge >= 0.3 is 6.61 Å². The standard InChI is InChI=1S/C17H16F2N2O4/c1-10-9-14(11(2)24-10)16(23)21-20-15(22)8-5-12-3-6-13(7-4-12)25-17(18)19/h3-9,17H,1-2H3,(H,20,22)(H,21,23)/b8-5+. The number of hydrogen-bond donors (Lipinski definition) is 2. The molecule has 0 saturated carbocycles. The number of furan rings is 1. The summed E-state index contributed by atoms with van der Waals surface area (Å²) in [6.07, 6.45) is 2.65. The van der Waals surface area contributed by atoms with Crippen LogP contribution in [-0.4, -0.2) is 18.4 Å². The molecule has 0 saturated heterocycles. The molecule has 1 aromatic heterocycles. The van der Waals surface area contributed by atoms with Gasteiger partial charge in [0.1, 0.15) is 17.3 Å². The fraction of sp³-hybridized carbons (Fsp3) is 0.176. The number of amides is 2. The van der Waals surface area contributed by atoms with E-state index in [-0.39, 0.29) is 5.75 Å². The second-order valence-corrected chi connectivity index (χ2v) is 5.05. The lowest BCUT2D eigenvalue weighted by Crippen LogP contribution is -2.40. The molecule has 0 aliphatic rings. The molecule has 132 valence electrons. The highest BCUT2D eigenvalue weighted by molar-refractivity contribution is 5.98. The fourth-order valence-electron chi connectivity index (χ4n) is 2.02. The highest BCUT2D eigenvalue weighted by Crippen LogP contribution is 2.15. The number of hydrazine groups is 1. The van der Waals surface area contributed by atoms with Gasteiger partial charge in [0.15, 0.2) is 0 Å². The SMILES string of the molecule is Cc1cc(C(=O)NNC(=O)/C=C/c2ccc(OC(F)F)cc2)c(C)o1. The van der Waals surface area contributed by atoms with Gasteiger partial charge in [0.2, 0.25) is 0 Å². The van der Waals surface area contributed by atoms with Crippen molar-refractivity contribution in [3.8, 4) is 5.75 Å². The van der Waals surface area contributed by atoms with Crippen molar-refractivity contribution < 1.29 is 27.5 Å². The van der Waals surface area contributed by atoms with Gasteiger partial charge < -0.3 is 9.15 Å². The first-order chi connectivity index (χ1) is 11.8. The van der Waals surface area contributed by atoms with Crippen LogP contribution in [0.1, 0.15) is 27.4 Å².